The van der Waals surface area contributed by atoms with Crippen LogP contribution >= 0.6 is 15.9 Å². The molecule has 0 aliphatic carbocycles. The Bertz CT molecular complexity index is 539. The molecule has 14 heavy (non-hydrogen) atoms. The van der Waals surface area contributed by atoms with E-state index < -0.39 is 0 Å². The van der Waals surface area contributed by atoms with Crippen LogP contribution in [0.25, 0.3) is 11.0 Å². The molecule has 74 valence electrons. The summed E-state index contributed by atoms with van der Waals surface area (Å²) in [4.78, 5) is 14.2. The molecule has 0 radical (unpaired) electrons. The summed E-state index contributed by atoms with van der Waals surface area (Å²) >= 11 is 3.49. The molecule has 0 saturated heterocycles. The summed E-state index contributed by atoms with van der Waals surface area (Å²) < 4.78 is 2.71. The fourth-order valence-electron chi connectivity index (χ4n) is 1.73. The van der Waals surface area contributed by atoms with Crippen molar-refractivity contribution in [2.24, 2.45) is 7.05 Å². The molecule has 0 fully saturated rings. The predicted molar refractivity (Wildman–Crippen MR) is 60.6 cm³/mol. The third-order valence-electron chi connectivity index (χ3n) is 2.46. The van der Waals surface area contributed by atoms with Crippen molar-refractivity contribution < 1.29 is 0 Å². The molecule has 0 atom stereocenters. The number of rotatable bonds is 1. The third-order valence-corrected chi connectivity index (χ3v) is 3.20. The van der Waals surface area contributed by atoms with Crippen LogP contribution in [-0.4, -0.2) is 9.55 Å². The second kappa shape index (κ2) is 3.28. The van der Waals surface area contributed by atoms with Crippen LogP contribution in [0.15, 0.2) is 21.4 Å². The van der Waals surface area contributed by atoms with Crippen LogP contribution in [0.5, 0.6) is 0 Å². The molecule has 2 rings (SSSR count). The Labute approximate surface area is 89.9 Å². The molecule has 0 aliphatic rings. The van der Waals surface area contributed by atoms with Crippen molar-refractivity contribution in [3.63, 3.8) is 0 Å². The lowest BCUT2D eigenvalue weighted by Crippen LogP contribution is -2.12. The number of fused-ring (bicyclic) bond motifs is 1. The number of aryl methyl sites for hydroxylation is 2. The van der Waals surface area contributed by atoms with E-state index in [1.54, 1.807) is 11.6 Å². The van der Waals surface area contributed by atoms with Gasteiger partial charge in [0.15, 0.2) is 0 Å². The SMILES string of the molecule is CCc1c(Br)ccc2[nH]c(=O)n(C)c12. The number of aromatic amines is 1. The zero-order valence-corrected chi connectivity index (χ0v) is 9.68. The van der Waals surface area contributed by atoms with Gasteiger partial charge in [0.1, 0.15) is 0 Å². The van der Waals surface area contributed by atoms with E-state index in [1.807, 2.05) is 12.1 Å². The Balaban J connectivity index is 2.98. The lowest BCUT2D eigenvalue weighted by molar-refractivity contribution is 0.884. The van der Waals surface area contributed by atoms with Gasteiger partial charge >= 0.3 is 5.69 Å². The van der Waals surface area contributed by atoms with E-state index in [1.165, 1.54) is 5.56 Å². The first-order chi connectivity index (χ1) is 6.65. The Morgan fingerprint density at radius 2 is 2.21 bits per heavy atom. The molecule has 4 heteroatoms. The molecule has 2 aromatic rings. The summed E-state index contributed by atoms with van der Waals surface area (Å²) in [5, 5.41) is 0. The van der Waals surface area contributed by atoms with Crippen molar-refractivity contribution in [1.29, 1.82) is 0 Å². The Hall–Kier alpha value is -1.03. The fraction of sp³-hybridized carbons (Fsp3) is 0.300. The van der Waals surface area contributed by atoms with Gasteiger partial charge in [-0.3, -0.25) is 4.57 Å². The van der Waals surface area contributed by atoms with Crippen LogP contribution in [0.2, 0.25) is 0 Å². The Morgan fingerprint density at radius 3 is 2.86 bits per heavy atom. The number of halogens is 1. The van der Waals surface area contributed by atoms with Crippen molar-refractivity contribution in [3.8, 4) is 0 Å². The maximum absolute atomic E-state index is 11.4. The number of hydrogen-bond donors (Lipinski definition) is 1. The summed E-state index contributed by atoms with van der Waals surface area (Å²) in [6, 6.07) is 3.89. The number of benzene rings is 1. The summed E-state index contributed by atoms with van der Waals surface area (Å²) in [7, 11) is 1.78. The van der Waals surface area contributed by atoms with Gasteiger partial charge in [-0.1, -0.05) is 22.9 Å². The first-order valence-corrected chi connectivity index (χ1v) is 5.30. The van der Waals surface area contributed by atoms with Gasteiger partial charge in [-0.05, 0) is 24.1 Å². The Kier molecular flexibility index (Phi) is 2.23. The molecule has 1 heterocycles. The number of nitrogens with zero attached hydrogens (tertiary/aromatic N) is 1. The van der Waals surface area contributed by atoms with Crippen LogP contribution < -0.4 is 5.69 Å². The molecule has 0 saturated carbocycles. The minimum absolute atomic E-state index is 0.0622. The van der Waals surface area contributed by atoms with Crippen molar-refractivity contribution in [2.75, 3.05) is 0 Å². The van der Waals surface area contributed by atoms with Crippen LogP contribution in [0.3, 0.4) is 0 Å². The van der Waals surface area contributed by atoms with Crippen LogP contribution in [0.1, 0.15) is 12.5 Å². The molecule has 0 amide bonds. The molecule has 1 aromatic carbocycles. The predicted octanol–water partition coefficient (Wildman–Crippen LogP) is 2.19. The number of hydrogen-bond acceptors (Lipinski definition) is 1. The molecule has 1 N–H and O–H groups in total. The van der Waals surface area contributed by atoms with Crippen LogP contribution in [0.4, 0.5) is 0 Å². The second-order valence-electron chi connectivity index (χ2n) is 3.26. The fourth-order valence-corrected chi connectivity index (χ4v) is 2.33. The van der Waals surface area contributed by atoms with Gasteiger partial charge < -0.3 is 4.98 Å². The topological polar surface area (TPSA) is 37.8 Å². The quantitative estimate of drug-likeness (QED) is 0.833. The zero-order chi connectivity index (χ0) is 10.3. The number of imidazole rings is 1. The van der Waals surface area contributed by atoms with Crippen molar-refractivity contribution in [1.82, 2.24) is 9.55 Å². The highest BCUT2D eigenvalue weighted by molar-refractivity contribution is 9.10. The van der Waals surface area contributed by atoms with E-state index in [2.05, 4.69) is 27.8 Å². The largest absolute Gasteiger partial charge is 0.326 e. The van der Waals surface area contributed by atoms with E-state index in [-0.39, 0.29) is 5.69 Å². The number of nitrogens with one attached hydrogen (secondary N) is 1. The summed E-state index contributed by atoms with van der Waals surface area (Å²) in [6.45, 7) is 2.08. The average Bonchev–Trinajstić information content (AvgIpc) is 2.45. The molecule has 0 spiro atoms. The second-order valence-corrected chi connectivity index (χ2v) is 4.12. The Morgan fingerprint density at radius 1 is 1.50 bits per heavy atom. The highest BCUT2D eigenvalue weighted by atomic mass is 79.9. The van der Waals surface area contributed by atoms with E-state index in [4.69, 9.17) is 0 Å². The number of H-pyrrole nitrogens is 1. The van der Waals surface area contributed by atoms with Crippen molar-refractivity contribution >= 4 is 27.0 Å². The van der Waals surface area contributed by atoms with Gasteiger partial charge in [0.05, 0.1) is 11.0 Å². The normalized spacial score (nSPS) is 11.1. The van der Waals surface area contributed by atoms with E-state index >= 15 is 0 Å². The molecule has 3 nitrogen and oxygen atoms in total. The maximum atomic E-state index is 11.4. The minimum atomic E-state index is -0.0622. The van der Waals surface area contributed by atoms with Gasteiger partial charge in [0, 0.05) is 11.5 Å². The highest BCUT2D eigenvalue weighted by Gasteiger charge is 2.09. The molecular weight excluding hydrogens is 244 g/mol. The van der Waals surface area contributed by atoms with Gasteiger partial charge in [0.25, 0.3) is 0 Å². The van der Waals surface area contributed by atoms with Gasteiger partial charge in [-0.2, -0.15) is 0 Å². The average molecular weight is 255 g/mol. The van der Waals surface area contributed by atoms with Gasteiger partial charge in [-0.25, -0.2) is 4.79 Å². The van der Waals surface area contributed by atoms with E-state index in [0.717, 1.165) is 21.9 Å². The van der Waals surface area contributed by atoms with Gasteiger partial charge in [-0.15, -0.1) is 0 Å². The monoisotopic (exact) mass is 254 g/mol. The molecule has 0 unspecified atom stereocenters. The van der Waals surface area contributed by atoms with Crippen molar-refractivity contribution in [2.45, 2.75) is 13.3 Å². The molecule has 1 aromatic heterocycles. The summed E-state index contributed by atoms with van der Waals surface area (Å²) in [5.74, 6) is 0. The summed E-state index contributed by atoms with van der Waals surface area (Å²) in [5.41, 5.74) is 3.00. The van der Waals surface area contributed by atoms with Crippen LogP contribution in [0, 0.1) is 0 Å². The summed E-state index contributed by atoms with van der Waals surface area (Å²) in [6.07, 6.45) is 0.906. The van der Waals surface area contributed by atoms with E-state index in [9.17, 15) is 4.79 Å². The first-order valence-electron chi connectivity index (χ1n) is 4.51. The minimum Gasteiger partial charge on any atom is -0.306 e. The van der Waals surface area contributed by atoms with Gasteiger partial charge in [0.2, 0.25) is 0 Å². The highest BCUT2D eigenvalue weighted by Crippen LogP contribution is 2.24. The third kappa shape index (κ3) is 1.21. The molecule has 0 aliphatic heterocycles. The van der Waals surface area contributed by atoms with E-state index in [0.29, 0.717) is 0 Å². The maximum Gasteiger partial charge on any atom is 0.326 e. The lowest BCUT2D eigenvalue weighted by Gasteiger charge is -2.04. The zero-order valence-electron chi connectivity index (χ0n) is 8.10. The lowest BCUT2D eigenvalue weighted by atomic mass is 10.1. The molecular formula is C10H11BrN2O. The first kappa shape index (κ1) is 9.52. The smallest absolute Gasteiger partial charge is 0.306 e. The van der Waals surface area contributed by atoms with Crippen LogP contribution in [-0.2, 0) is 13.5 Å². The number of aromatic nitrogens is 2. The van der Waals surface area contributed by atoms with Crippen molar-refractivity contribution in [3.05, 3.63) is 32.7 Å². The molecule has 0 bridgehead atoms. The standard InChI is InChI=1S/C10H11BrN2O/c1-3-6-7(11)4-5-8-9(6)13(2)10(14)12-8/h4-5H,3H2,1-2H3,(H,12,14).